The van der Waals surface area contributed by atoms with Crippen molar-refractivity contribution in [3.05, 3.63) is 60.2 Å². The number of ether oxygens (including phenoxy) is 1. The first-order valence-electron chi connectivity index (χ1n) is 7.64. The van der Waals surface area contributed by atoms with E-state index in [0.29, 0.717) is 5.75 Å². The summed E-state index contributed by atoms with van der Waals surface area (Å²) >= 11 is -0.235. The van der Waals surface area contributed by atoms with Crippen molar-refractivity contribution < 1.29 is 61.0 Å². The van der Waals surface area contributed by atoms with E-state index in [1.165, 1.54) is 23.8 Å². The molecule has 0 radical (unpaired) electrons. The average molecular weight is 542 g/mol. The average Bonchev–Trinajstić information content (AvgIpc) is 2.46. The summed E-state index contributed by atoms with van der Waals surface area (Å²) in [6.07, 6.45) is 0. The normalized spacial score (nSPS) is 13.6. The molecule has 0 aromatic heterocycles. The van der Waals surface area contributed by atoms with Gasteiger partial charge in [-0.3, -0.25) is 0 Å². The predicted molar refractivity (Wildman–Crippen MR) is 91.2 cm³/mol. The number of hydrogen-bond acceptors (Lipinski definition) is 2. The summed E-state index contributed by atoms with van der Waals surface area (Å²) in [5, 5.41) is 8.59. The first-order chi connectivity index (χ1) is 12.4. The van der Waals surface area contributed by atoms with Crippen molar-refractivity contribution >= 4 is 13.8 Å². The van der Waals surface area contributed by atoms with Gasteiger partial charge in [0.2, 0.25) is 0 Å². The molecule has 11 heteroatoms. The maximum atomic E-state index is 10.5. The van der Waals surface area contributed by atoms with Crippen LogP contribution in [0.5, 0.6) is 5.75 Å². The molecule has 0 fully saturated rings. The second-order valence-electron chi connectivity index (χ2n) is 5.90. The van der Waals surface area contributed by atoms with Gasteiger partial charge in [0, 0.05) is 11.1 Å². The molecule has 2 aromatic rings. The monoisotopic (exact) mass is 542 g/mol. The van der Waals surface area contributed by atoms with E-state index in [9.17, 15) is 30.0 Å². The van der Waals surface area contributed by atoms with Crippen molar-refractivity contribution in [1.82, 2.24) is 0 Å². The van der Waals surface area contributed by atoms with E-state index in [0.717, 1.165) is 0 Å². The van der Waals surface area contributed by atoms with E-state index in [2.05, 4.69) is 32.9 Å². The Morgan fingerprint density at radius 2 is 1.39 bits per heavy atom. The second kappa shape index (κ2) is 8.06. The van der Waals surface area contributed by atoms with E-state index in [-0.39, 0.29) is 27.8 Å². The molecule has 0 heterocycles. The number of carboxylic acids is 1. The molecule has 158 valence electrons. The molecule has 0 saturated heterocycles. The van der Waals surface area contributed by atoms with Crippen LogP contribution >= 0.6 is 7.81 Å². The fraction of sp³-hybridized carbons (Fsp3) is 0.235. The molecule has 0 aliphatic rings. The summed E-state index contributed by atoms with van der Waals surface area (Å²) in [5.74, 6) is -0.361. The fourth-order valence-electron chi connectivity index (χ4n) is 2.16. The molecule has 0 atom stereocenters. The van der Waals surface area contributed by atoms with Crippen LogP contribution in [0.15, 0.2) is 36.4 Å². The molecule has 3 nitrogen and oxygen atoms in total. The molecule has 0 saturated carbocycles. The van der Waals surface area contributed by atoms with Gasteiger partial charge in [0.1, 0.15) is 5.75 Å². The van der Waals surface area contributed by atoms with Gasteiger partial charge >= 0.3 is 60.2 Å². The molecule has 0 aliphatic heterocycles. The summed E-state index contributed by atoms with van der Waals surface area (Å²) in [5.41, 5.74) is 4.01. The van der Waals surface area contributed by atoms with E-state index < -0.39 is 13.8 Å². The van der Waals surface area contributed by atoms with Crippen molar-refractivity contribution in [2.75, 3.05) is 6.61 Å². The van der Waals surface area contributed by atoms with Gasteiger partial charge in [0.05, 0.1) is 0 Å². The van der Waals surface area contributed by atoms with Gasteiger partial charge in [-0.2, -0.15) is 0 Å². The van der Waals surface area contributed by atoms with Gasteiger partial charge in [-0.15, -0.1) is 0 Å². The Hall–Kier alpha value is -1.55. The standard InChI is InChI=1S/C17H17IO3.F6P/c1-11-8-12(2)17(13(3)9-11)18-14-4-6-15(7-5-14)21-10-16(19)20;1-7(2,3,4,5)6/h4-9H,10H2,1-3H3;/q;-1/p+1. The van der Waals surface area contributed by atoms with Gasteiger partial charge in [-0.25, -0.2) is 4.79 Å². The van der Waals surface area contributed by atoms with Gasteiger partial charge in [0.15, 0.2) is 13.7 Å². The molecule has 28 heavy (non-hydrogen) atoms. The first-order valence-corrected chi connectivity index (χ1v) is 11.8. The number of aryl methyl sites for hydroxylation is 3. The molecule has 0 amide bonds. The Morgan fingerprint density at radius 1 is 0.964 bits per heavy atom. The van der Waals surface area contributed by atoms with Gasteiger partial charge in [-0.05, 0) is 45.0 Å². The molecule has 1 N–H and O–H groups in total. The van der Waals surface area contributed by atoms with Crippen LogP contribution in [-0.2, 0) is 4.79 Å². The van der Waals surface area contributed by atoms with Crippen LogP contribution in [-0.4, -0.2) is 17.7 Å². The molecule has 0 aliphatic carbocycles. The molecular formula is C17H18F6IO3P. The summed E-state index contributed by atoms with van der Waals surface area (Å²) in [7, 11) is -10.7. The quantitative estimate of drug-likeness (QED) is 0.357. The number of hydrogen-bond donors (Lipinski definition) is 1. The van der Waals surface area contributed by atoms with E-state index >= 15 is 0 Å². The van der Waals surface area contributed by atoms with Gasteiger partial charge in [0.25, 0.3) is 0 Å². The SMILES string of the molecule is Cc1cc(C)c([I+]c2ccc(OCC(=O)O)cc2)c(C)c1.F[P-](F)(F)(F)(F)F. The van der Waals surface area contributed by atoms with Crippen molar-refractivity contribution in [2.45, 2.75) is 20.8 Å². The van der Waals surface area contributed by atoms with E-state index in [1.54, 1.807) is 0 Å². The summed E-state index contributed by atoms with van der Waals surface area (Å²) < 4.78 is 67.1. The number of carbonyl (C=O) groups is 1. The third-order valence-electron chi connectivity index (χ3n) is 2.96. The van der Waals surface area contributed by atoms with Gasteiger partial charge < -0.3 is 9.84 Å². The third-order valence-corrected chi connectivity index (χ3v) is 6.54. The summed E-state index contributed by atoms with van der Waals surface area (Å²) in [6.45, 7) is 6.15. The molecule has 0 bridgehead atoms. The minimum atomic E-state index is -10.7. The number of rotatable bonds is 5. The van der Waals surface area contributed by atoms with Crippen LogP contribution in [0.3, 0.4) is 0 Å². The number of carboxylic acid groups (broad SMARTS) is 1. The molecular weight excluding hydrogens is 524 g/mol. The van der Waals surface area contributed by atoms with Crippen molar-refractivity contribution in [3.8, 4) is 5.75 Å². The van der Waals surface area contributed by atoms with Gasteiger partial charge in [-0.1, -0.05) is 17.7 Å². The Labute approximate surface area is 168 Å². The van der Waals surface area contributed by atoms with Crippen molar-refractivity contribution in [3.63, 3.8) is 0 Å². The van der Waals surface area contributed by atoms with E-state index in [4.69, 9.17) is 9.84 Å². The second-order valence-corrected chi connectivity index (χ2v) is 10.7. The molecule has 0 unspecified atom stereocenters. The first kappa shape index (κ1) is 24.5. The summed E-state index contributed by atoms with van der Waals surface area (Å²) in [4.78, 5) is 10.5. The van der Waals surface area contributed by atoms with Crippen LogP contribution in [0.4, 0.5) is 25.2 Å². The minimum absolute atomic E-state index is 0.235. The van der Waals surface area contributed by atoms with Crippen LogP contribution < -0.4 is 25.9 Å². The number of aliphatic carboxylic acids is 1. The van der Waals surface area contributed by atoms with Crippen LogP contribution in [0.25, 0.3) is 0 Å². The maximum absolute atomic E-state index is 10.7. The zero-order valence-corrected chi connectivity index (χ0v) is 18.1. The van der Waals surface area contributed by atoms with Crippen LogP contribution in [0.2, 0.25) is 0 Å². The molecule has 2 rings (SSSR count). The van der Waals surface area contributed by atoms with Crippen molar-refractivity contribution in [2.24, 2.45) is 0 Å². The topological polar surface area (TPSA) is 46.5 Å². The number of halogens is 7. The Balaban J connectivity index is 0.000000480. The Bertz CT molecular complexity index is 817. The van der Waals surface area contributed by atoms with Crippen LogP contribution in [0, 0.1) is 27.9 Å². The summed E-state index contributed by atoms with van der Waals surface area (Å²) in [6, 6.07) is 12.2. The number of benzene rings is 2. The van der Waals surface area contributed by atoms with E-state index in [1.807, 2.05) is 24.3 Å². The van der Waals surface area contributed by atoms with Crippen LogP contribution in [0.1, 0.15) is 16.7 Å². The molecule has 2 aromatic carbocycles. The third kappa shape index (κ3) is 12.0. The predicted octanol–water partition coefficient (Wildman–Crippen LogP) is 3.59. The Kier molecular flexibility index (Phi) is 7.05. The Morgan fingerprint density at radius 3 is 1.79 bits per heavy atom. The fourth-order valence-corrected chi connectivity index (χ4v) is 4.66. The zero-order chi connectivity index (χ0) is 21.8. The van der Waals surface area contributed by atoms with Crippen molar-refractivity contribution in [1.29, 1.82) is 0 Å². The molecule has 0 spiro atoms. The zero-order valence-electron chi connectivity index (χ0n) is 15.0.